The van der Waals surface area contributed by atoms with Gasteiger partial charge in [0.05, 0.1) is 11.8 Å². The molecule has 0 bridgehead atoms. The number of hydrogen-bond donors (Lipinski definition) is 0. The van der Waals surface area contributed by atoms with Gasteiger partial charge in [0, 0.05) is 6.20 Å². The lowest BCUT2D eigenvalue weighted by molar-refractivity contribution is 0.923. The van der Waals surface area contributed by atoms with Crippen LogP contribution in [0.5, 0.6) is 0 Å². The topological polar surface area (TPSA) is 54.0 Å². The zero-order valence-electron chi connectivity index (χ0n) is 6.71. The van der Waals surface area contributed by atoms with Crippen LogP contribution >= 0.6 is 11.8 Å². The van der Waals surface area contributed by atoms with E-state index in [0.29, 0.717) is 5.75 Å². The van der Waals surface area contributed by atoms with E-state index >= 15 is 0 Å². The molecule has 4 nitrogen and oxygen atoms in total. The first kappa shape index (κ1) is 8.08. The zero-order valence-corrected chi connectivity index (χ0v) is 7.53. The van der Waals surface area contributed by atoms with Gasteiger partial charge in [0.25, 0.3) is 0 Å². The van der Waals surface area contributed by atoms with Gasteiger partial charge in [-0.2, -0.15) is 5.26 Å². The van der Waals surface area contributed by atoms with Crippen molar-refractivity contribution in [2.45, 2.75) is 5.16 Å². The van der Waals surface area contributed by atoms with E-state index in [1.54, 1.807) is 0 Å². The molecule has 0 saturated heterocycles. The second-order valence-electron chi connectivity index (χ2n) is 2.36. The van der Waals surface area contributed by atoms with Gasteiger partial charge in [-0.15, -0.1) is 10.2 Å². The lowest BCUT2D eigenvalue weighted by atomic mass is 10.5. The molecule has 0 aliphatic heterocycles. The monoisotopic (exact) mass is 190 g/mol. The number of thioether (sulfide) groups is 1. The van der Waals surface area contributed by atoms with Gasteiger partial charge in [0.15, 0.2) is 10.8 Å². The first-order valence-corrected chi connectivity index (χ1v) is 4.70. The molecular formula is C8H6N4S. The molecule has 13 heavy (non-hydrogen) atoms. The van der Waals surface area contributed by atoms with Crippen molar-refractivity contribution in [2.24, 2.45) is 0 Å². The highest BCUT2D eigenvalue weighted by Crippen LogP contribution is 2.15. The Morgan fingerprint density at radius 1 is 1.46 bits per heavy atom. The van der Waals surface area contributed by atoms with E-state index < -0.39 is 0 Å². The molecule has 0 aromatic carbocycles. The molecule has 5 heteroatoms. The van der Waals surface area contributed by atoms with Crippen LogP contribution in [0.25, 0.3) is 5.65 Å². The molecule has 0 atom stereocenters. The highest BCUT2D eigenvalue weighted by Gasteiger charge is 2.03. The average Bonchev–Trinajstić information content (AvgIpc) is 2.58. The van der Waals surface area contributed by atoms with Crippen molar-refractivity contribution in [3.05, 3.63) is 24.4 Å². The highest BCUT2D eigenvalue weighted by molar-refractivity contribution is 7.99. The predicted octanol–water partition coefficient (Wildman–Crippen LogP) is 1.34. The summed E-state index contributed by atoms with van der Waals surface area (Å²) in [6.07, 6.45) is 1.88. The van der Waals surface area contributed by atoms with Crippen LogP contribution in [0.3, 0.4) is 0 Å². The van der Waals surface area contributed by atoms with Gasteiger partial charge in [-0.1, -0.05) is 17.8 Å². The van der Waals surface area contributed by atoms with Gasteiger partial charge in [-0.05, 0) is 12.1 Å². The third kappa shape index (κ3) is 1.48. The van der Waals surface area contributed by atoms with Crippen molar-refractivity contribution >= 4 is 17.4 Å². The Kier molecular flexibility index (Phi) is 2.15. The minimum absolute atomic E-state index is 0.398. The molecule has 0 N–H and O–H groups in total. The minimum atomic E-state index is 0.398. The lowest BCUT2D eigenvalue weighted by Crippen LogP contribution is -1.85. The summed E-state index contributed by atoms with van der Waals surface area (Å²) in [5, 5.41) is 17.1. The molecule has 64 valence electrons. The van der Waals surface area contributed by atoms with Crippen LogP contribution in [-0.4, -0.2) is 20.4 Å². The Morgan fingerprint density at radius 2 is 2.38 bits per heavy atom. The number of nitrogens with zero attached hydrogens (tertiary/aromatic N) is 4. The lowest BCUT2D eigenvalue weighted by Gasteiger charge is -1.93. The normalized spacial score (nSPS) is 10.1. The molecular weight excluding hydrogens is 184 g/mol. The SMILES string of the molecule is N#CCSc1nnc2ccccn12. The van der Waals surface area contributed by atoms with Crippen LogP contribution in [0.1, 0.15) is 0 Å². The van der Waals surface area contributed by atoms with Crippen LogP contribution in [0.15, 0.2) is 29.6 Å². The van der Waals surface area contributed by atoms with Crippen LogP contribution in [-0.2, 0) is 0 Å². The van der Waals surface area contributed by atoms with Crippen LogP contribution in [0.4, 0.5) is 0 Å². The molecule has 0 unspecified atom stereocenters. The summed E-state index contributed by atoms with van der Waals surface area (Å²) in [7, 11) is 0. The number of nitriles is 1. The molecule has 0 aliphatic carbocycles. The summed E-state index contributed by atoms with van der Waals surface area (Å²) < 4.78 is 1.86. The predicted molar refractivity (Wildman–Crippen MR) is 49.3 cm³/mol. The van der Waals surface area contributed by atoms with E-state index in [1.165, 1.54) is 11.8 Å². The quantitative estimate of drug-likeness (QED) is 0.671. The van der Waals surface area contributed by atoms with Gasteiger partial charge in [0.1, 0.15) is 0 Å². The van der Waals surface area contributed by atoms with E-state index in [1.807, 2.05) is 28.8 Å². The second kappa shape index (κ2) is 3.46. The number of hydrogen-bond acceptors (Lipinski definition) is 4. The first-order chi connectivity index (χ1) is 6.42. The molecule has 2 heterocycles. The van der Waals surface area contributed by atoms with Crippen molar-refractivity contribution in [3.63, 3.8) is 0 Å². The van der Waals surface area contributed by atoms with Crippen molar-refractivity contribution in [3.8, 4) is 6.07 Å². The molecule has 2 rings (SSSR count). The Bertz CT molecular complexity index is 456. The van der Waals surface area contributed by atoms with E-state index in [-0.39, 0.29) is 0 Å². The summed E-state index contributed by atoms with van der Waals surface area (Å²) in [6.45, 7) is 0. The zero-order chi connectivity index (χ0) is 9.10. The van der Waals surface area contributed by atoms with Crippen molar-refractivity contribution < 1.29 is 0 Å². The van der Waals surface area contributed by atoms with Gasteiger partial charge in [0.2, 0.25) is 0 Å². The maximum atomic E-state index is 8.41. The Hall–Kier alpha value is -1.54. The molecule has 0 fully saturated rings. The van der Waals surface area contributed by atoms with Crippen LogP contribution < -0.4 is 0 Å². The summed E-state index contributed by atoms with van der Waals surface area (Å²) in [5.41, 5.74) is 0.808. The highest BCUT2D eigenvalue weighted by atomic mass is 32.2. The van der Waals surface area contributed by atoms with Crippen molar-refractivity contribution in [1.82, 2.24) is 14.6 Å². The van der Waals surface area contributed by atoms with E-state index in [2.05, 4.69) is 16.3 Å². The minimum Gasteiger partial charge on any atom is -0.277 e. The van der Waals surface area contributed by atoms with Gasteiger partial charge in [-0.25, -0.2) is 0 Å². The summed E-state index contributed by atoms with van der Waals surface area (Å²) in [5.74, 6) is 0.398. The Morgan fingerprint density at radius 3 is 3.23 bits per heavy atom. The molecule has 0 amide bonds. The van der Waals surface area contributed by atoms with Gasteiger partial charge in [-0.3, -0.25) is 4.40 Å². The van der Waals surface area contributed by atoms with Gasteiger partial charge >= 0.3 is 0 Å². The molecule has 2 aromatic heterocycles. The summed E-state index contributed by atoms with van der Waals surface area (Å²) in [4.78, 5) is 0. The largest absolute Gasteiger partial charge is 0.277 e. The van der Waals surface area contributed by atoms with Crippen molar-refractivity contribution in [2.75, 3.05) is 5.75 Å². The van der Waals surface area contributed by atoms with Gasteiger partial charge < -0.3 is 0 Å². The molecule has 0 saturated carbocycles. The fraction of sp³-hybridized carbons (Fsp3) is 0.125. The molecule has 0 spiro atoms. The van der Waals surface area contributed by atoms with Crippen LogP contribution in [0.2, 0.25) is 0 Å². The van der Waals surface area contributed by atoms with Crippen molar-refractivity contribution in [1.29, 1.82) is 5.26 Å². The Balaban J connectivity index is 2.41. The second-order valence-corrected chi connectivity index (χ2v) is 3.30. The number of pyridine rings is 1. The molecule has 0 aliphatic rings. The molecule has 2 aromatic rings. The number of fused-ring (bicyclic) bond motifs is 1. The maximum Gasteiger partial charge on any atom is 0.196 e. The van der Waals surface area contributed by atoms with E-state index in [4.69, 9.17) is 5.26 Å². The Labute approximate surface area is 79.2 Å². The summed E-state index contributed by atoms with van der Waals surface area (Å²) >= 11 is 1.38. The van der Waals surface area contributed by atoms with Crippen LogP contribution in [0, 0.1) is 11.3 Å². The third-order valence-electron chi connectivity index (χ3n) is 1.55. The van der Waals surface area contributed by atoms with E-state index in [9.17, 15) is 0 Å². The fourth-order valence-electron chi connectivity index (χ4n) is 1.01. The maximum absolute atomic E-state index is 8.41. The number of rotatable bonds is 2. The third-order valence-corrected chi connectivity index (χ3v) is 2.36. The fourth-order valence-corrected chi connectivity index (χ4v) is 1.60. The summed E-state index contributed by atoms with van der Waals surface area (Å²) in [6, 6.07) is 7.75. The standard InChI is InChI=1S/C8H6N4S/c9-4-6-13-8-11-10-7-3-1-2-5-12(7)8/h1-3,5H,6H2. The van der Waals surface area contributed by atoms with E-state index in [0.717, 1.165) is 10.8 Å². The number of aromatic nitrogens is 3. The first-order valence-electron chi connectivity index (χ1n) is 3.71. The average molecular weight is 190 g/mol. The smallest absolute Gasteiger partial charge is 0.196 e. The molecule has 0 radical (unpaired) electrons.